The fourth-order valence-electron chi connectivity index (χ4n) is 3.45. The second-order valence-electron chi connectivity index (χ2n) is 6.54. The summed E-state index contributed by atoms with van der Waals surface area (Å²) >= 11 is 0. The maximum Gasteiger partial charge on any atom is 0.416 e. The average molecular weight is 376 g/mol. The number of aromatic nitrogens is 2. The number of hydrogen-bond donors (Lipinski definition) is 0. The first-order chi connectivity index (χ1) is 13.0. The quantitative estimate of drug-likeness (QED) is 0.500. The molecule has 0 aliphatic rings. The number of halogens is 3. The molecule has 0 amide bonds. The van der Waals surface area contributed by atoms with Crippen molar-refractivity contribution in [2.45, 2.75) is 38.4 Å². The SMILES string of the molecule is CCC(c1ccccc1)c1nc2cc(C(F)(F)F)ccc2n1CCCOC. The lowest BCUT2D eigenvalue weighted by Crippen LogP contribution is -2.11. The monoisotopic (exact) mass is 376 g/mol. The van der Waals surface area contributed by atoms with Crippen molar-refractivity contribution in [3.63, 3.8) is 0 Å². The lowest BCUT2D eigenvalue weighted by Gasteiger charge is -2.17. The van der Waals surface area contributed by atoms with Gasteiger partial charge in [0.25, 0.3) is 0 Å². The number of alkyl halides is 3. The second kappa shape index (κ2) is 8.13. The molecule has 3 rings (SSSR count). The van der Waals surface area contributed by atoms with E-state index in [1.54, 1.807) is 7.11 Å². The van der Waals surface area contributed by atoms with Gasteiger partial charge in [0.05, 0.1) is 16.6 Å². The van der Waals surface area contributed by atoms with E-state index in [9.17, 15) is 13.2 Å². The lowest BCUT2D eigenvalue weighted by atomic mass is 9.95. The third-order valence-corrected chi connectivity index (χ3v) is 4.76. The molecule has 2 aromatic carbocycles. The Morgan fingerprint density at radius 3 is 2.48 bits per heavy atom. The van der Waals surface area contributed by atoms with Crippen molar-refractivity contribution < 1.29 is 17.9 Å². The van der Waals surface area contributed by atoms with Crippen molar-refractivity contribution >= 4 is 11.0 Å². The first-order valence-electron chi connectivity index (χ1n) is 9.07. The highest BCUT2D eigenvalue weighted by molar-refractivity contribution is 5.77. The molecule has 27 heavy (non-hydrogen) atoms. The molecule has 0 fully saturated rings. The van der Waals surface area contributed by atoms with Gasteiger partial charge in [-0.1, -0.05) is 37.3 Å². The molecule has 1 unspecified atom stereocenters. The third kappa shape index (κ3) is 4.16. The highest BCUT2D eigenvalue weighted by Gasteiger charge is 2.31. The molecule has 1 aromatic heterocycles. The van der Waals surface area contributed by atoms with E-state index in [2.05, 4.69) is 11.9 Å². The molecule has 1 heterocycles. The van der Waals surface area contributed by atoms with Gasteiger partial charge in [-0.25, -0.2) is 4.98 Å². The van der Waals surface area contributed by atoms with Crippen molar-refractivity contribution in [3.8, 4) is 0 Å². The van der Waals surface area contributed by atoms with Crippen LogP contribution < -0.4 is 0 Å². The number of rotatable bonds is 7. The highest BCUT2D eigenvalue weighted by Crippen LogP contribution is 2.34. The lowest BCUT2D eigenvalue weighted by molar-refractivity contribution is -0.137. The number of aryl methyl sites for hydroxylation is 1. The van der Waals surface area contributed by atoms with E-state index in [0.29, 0.717) is 18.7 Å². The van der Waals surface area contributed by atoms with E-state index in [1.807, 2.05) is 34.9 Å². The summed E-state index contributed by atoms with van der Waals surface area (Å²) in [5.41, 5.74) is 1.55. The number of methoxy groups -OCH3 is 1. The van der Waals surface area contributed by atoms with Gasteiger partial charge in [-0.3, -0.25) is 0 Å². The summed E-state index contributed by atoms with van der Waals surface area (Å²) in [6, 6.07) is 13.8. The van der Waals surface area contributed by atoms with Crippen LogP contribution in [-0.2, 0) is 17.5 Å². The number of benzene rings is 2. The molecular formula is C21H23F3N2O. The van der Waals surface area contributed by atoms with Crippen LogP contribution in [0.1, 0.15) is 42.6 Å². The van der Waals surface area contributed by atoms with Crippen LogP contribution in [-0.4, -0.2) is 23.3 Å². The van der Waals surface area contributed by atoms with E-state index in [0.717, 1.165) is 41.9 Å². The topological polar surface area (TPSA) is 27.1 Å². The molecule has 0 aliphatic heterocycles. The second-order valence-corrected chi connectivity index (χ2v) is 6.54. The summed E-state index contributed by atoms with van der Waals surface area (Å²) in [6.07, 6.45) is -2.80. The van der Waals surface area contributed by atoms with Gasteiger partial charge in [-0.2, -0.15) is 13.2 Å². The zero-order valence-electron chi connectivity index (χ0n) is 15.5. The maximum absolute atomic E-state index is 13.1. The van der Waals surface area contributed by atoms with E-state index in [-0.39, 0.29) is 5.92 Å². The summed E-state index contributed by atoms with van der Waals surface area (Å²) in [5.74, 6) is 0.824. The fraction of sp³-hybridized carbons (Fsp3) is 0.381. The molecular weight excluding hydrogens is 353 g/mol. The summed E-state index contributed by atoms with van der Waals surface area (Å²) in [5, 5.41) is 0. The average Bonchev–Trinajstić information content (AvgIpc) is 3.00. The molecule has 3 nitrogen and oxygen atoms in total. The largest absolute Gasteiger partial charge is 0.416 e. The molecule has 0 aliphatic carbocycles. The van der Waals surface area contributed by atoms with Gasteiger partial charge in [-0.15, -0.1) is 0 Å². The molecule has 0 spiro atoms. The number of fused-ring (bicyclic) bond motifs is 1. The van der Waals surface area contributed by atoms with Crippen LogP contribution in [0.2, 0.25) is 0 Å². The van der Waals surface area contributed by atoms with E-state index < -0.39 is 11.7 Å². The first-order valence-corrected chi connectivity index (χ1v) is 9.07. The zero-order chi connectivity index (χ0) is 19.4. The Balaban J connectivity index is 2.12. The van der Waals surface area contributed by atoms with Gasteiger partial charge < -0.3 is 9.30 Å². The van der Waals surface area contributed by atoms with Crippen LogP contribution in [0, 0.1) is 0 Å². The zero-order valence-corrected chi connectivity index (χ0v) is 15.5. The molecule has 0 bridgehead atoms. The molecule has 0 N–H and O–H groups in total. The fourth-order valence-corrected chi connectivity index (χ4v) is 3.45. The van der Waals surface area contributed by atoms with E-state index >= 15 is 0 Å². The van der Waals surface area contributed by atoms with Crippen LogP contribution in [0.15, 0.2) is 48.5 Å². The van der Waals surface area contributed by atoms with Gasteiger partial charge in [0.2, 0.25) is 0 Å². The molecule has 0 saturated carbocycles. The molecule has 0 radical (unpaired) electrons. The first kappa shape index (κ1) is 19.4. The molecule has 1 atom stereocenters. The van der Waals surface area contributed by atoms with Crippen molar-refractivity contribution in [1.29, 1.82) is 0 Å². The minimum Gasteiger partial charge on any atom is -0.385 e. The summed E-state index contributed by atoms with van der Waals surface area (Å²) in [4.78, 5) is 4.64. The molecule has 3 aromatic rings. The van der Waals surface area contributed by atoms with Crippen LogP contribution in [0.4, 0.5) is 13.2 Å². The van der Waals surface area contributed by atoms with E-state index in [1.165, 1.54) is 6.07 Å². The van der Waals surface area contributed by atoms with Crippen LogP contribution in [0.25, 0.3) is 11.0 Å². The van der Waals surface area contributed by atoms with Gasteiger partial charge >= 0.3 is 6.18 Å². The predicted molar refractivity (Wildman–Crippen MR) is 99.8 cm³/mol. The molecule has 6 heteroatoms. The summed E-state index contributed by atoms with van der Waals surface area (Å²) in [6.45, 7) is 3.30. The standard InChI is InChI=1S/C21H23F3N2O/c1-3-17(15-8-5-4-6-9-15)20-25-18-14-16(21(22,23)24)10-11-19(18)26(20)12-7-13-27-2/h4-6,8-11,14,17H,3,7,12-13H2,1-2H3. The maximum atomic E-state index is 13.1. The van der Waals surface area contributed by atoms with E-state index in [4.69, 9.17) is 4.74 Å². The van der Waals surface area contributed by atoms with Crippen molar-refractivity contribution in [3.05, 3.63) is 65.5 Å². The number of hydrogen-bond acceptors (Lipinski definition) is 2. The Bertz CT molecular complexity index is 888. The number of ether oxygens (including phenoxy) is 1. The van der Waals surface area contributed by atoms with Crippen LogP contribution in [0.3, 0.4) is 0 Å². The van der Waals surface area contributed by atoms with Crippen molar-refractivity contribution in [2.75, 3.05) is 13.7 Å². The van der Waals surface area contributed by atoms with Crippen LogP contribution >= 0.6 is 0 Å². The molecule has 144 valence electrons. The smallest absolute Gasteiger partial charge is 0.385 e. The minimum atomic E-state index is -4.38. The Morgan fingerprint density at radius 2 is 1.85 bits per heavy atom. The highest BCUT2D eigenvalue weighted by atomic mass is 19.4. The number of imidazole rings is 1. The molecule has 0 saturated heterocycles. The third-order valence-electron chi connectivity index (χ3n) is 4.76. The van der Waals surface area contributed by atoms with Gasteiger partial charge in [0, 0.05) is 26.2 Å². The Labute approximate surface area is 156 Å². The Kier molecular flexibility index (Phi) is 5.85. The normalized spacial score (nSPS) is 13.2. The van der Waals surface area contributed by atoms with Crippen molar-refractivity contribution in [2.24, 2.45) is 0 Å². The predicted octanol–water partition coefficient (Wildman–Crippen LogP) is 5.63. The van der Waals surface area contributed by atoms with Crippen LogP contribution in [0.5, 0.6) is 0 Å². The van der Waals surface area contributed by atoms with Gasteiger partial charge in [0.1, 0.15) is 5.82 Å². The van der Waals surface area contributed by atoms with Gasteiger partial charge in [-0.05, 0) is 36.6 Å². The minimum absolute atomic E-state index is 0.0236. The number of nitrogens with zero attached hydrogens (tertiary/aromatic N) is 2. The Hall–Kier alpha value is -2.34. The van der Waals surface area contributed by atoms with Gasteiger partial charge in [0.15, 0.2) is 0 Å². The Morgan fingerprint density at radius 1 is 1.11 bits per heavy atom. The summed E-state index contributed by atoms with van der Waals surface area (Å²) in [7, 11) is 1.64. The summed E-state index contributed by atoms with van der Waals surface area (Å²) < 4.78 is 46.5. The van der Waals surface area contributed by atoms with Crippen molar-refractivity contribution in [1.82, 2.24) is 9.55 Å².